The maximum absolute atomic E-state index is 4.65. The van der Waals surface area contributed by atoms with E-state index in [1.165, 1.54) is 25.6 Å². The third-order valence-electron chi connectivity index (χ3n) is 4.70. The van der Waals surface area contributed by atoms with Crippen LogP contribution < -0.4 is 0 Å². The molecule has 4 heteroatoms. The lowest BCUT2D eigenvalue weighted by molar-refractivity contribution is 1.27. The van der Waals surface area contributed by atoms with E-state index in [9.17, 15) is 0 Å². The topological polar surface area (TPSA) is 30.2 Å². The highest BCUT2D eigenvalue weighted by Crippen LogP contribution is 2.38. The van der Waals surface area contributed by atoms with E-state index in [2.05, 4.69) is 56.8 Å². The van der Waals surface area contributed by atoms with Crippen molar-refractivity contribution < 1.29 is 0 Å². The smallest absolute Gasteiger partial charge is 0.146 e. The molecular weight excluding hydrogens is 314 g/mol. The molecule has 0 bridgehead atoms. The van der Waals surface area contributed by atoms with Gasteiger partial charge in [-0.3, -0.25) is 9.38 Å². The molecule has 2 aromatic carbocycles. The van der Waals surface area contributed by atoms with Crippen LogP contribution in [-0.4, -0.2) is 14.4 Å². The van der Waals surface area contributed by atoms with E-state index in [-0.39, 0.29) is 0 Å². The molecule has 24 heavy (non-hydrogen) atoms. The first-order valence-corrected chi connectivity index (χ1v) is 8.66. The van der Waals surface area contributed by atoms with Crippen molar-refractivity contribution in [2.45, 2.75) is 0 Å². The first kappa shape index (κ1) is 12.4. The van der Waals surface area contributed by atoms with Crippen molar-refractivity contribution >= 4 is 59.0 Å². The Morgan fingerprint density at radius 2 is 1.67 bits per heavy atom. The second-order valence-corrected chi connectivity index (χ2v) is 7.07. The van der Waals surface area contributed by atoms with Gasteiger partial charge in [0.25, 0.3) is 0 Å². The molecule has 4 heterocycles. The number of benzene rings is 2. The molecule has 3 nitrogen and oxygen atoms in total. The minimum atomic E-state index is 0.962. The lowest BCUT2D eigenvalue weighted by Crippen LogP contribution is -1.91. The number of fused-ring (bicyclic) bond motifs is 9. The lowest BCUT2D eigenvalue weighted by atomic mass is 10.1. The molecule has 0 saturated carbocycles. The van der Waals surface area contributed by atoms with Gasteiger partial charge >= 0.3 is 0 Å². The molecule has 4 aromatic heterocycles. The SMILES string of the molecule is c1ccc2c(c1)sc1cc3c4ncccc4c4nccn4c3cc12. The minimum absolute atomic E-state index is 0.962. The highest BCUT2D eigenvalue weighted by Gasteiger charge is 2.13. The lowest BCUT2D eigenvalue weighted by Gasteiger charge is -2.07. The van der Waals surface area contributed by atoms with Crippen LogP contribution in [0.4, 0.5) is 0 Å². The number of nitrogens with zero attached hydrogens (tertiary/aromatic N) is 3. The van der Waals surface area contributed by atoms with Gasteiger partial charge in [0.1, 0.15) is 5.65 Å². The molecule has 0 aliphatic carbocycles. The molecule has 0 atom stereocenters. The fourth-order valence-electron chi connectivity index (χ4n) is 3.65. The molecule has 0 amide bonds. The van der Waals surface area contributed by atoms with E-state index in [4.69, 9.17) is 0 Å². The number of hydrogen-bond acceptors (Lipinski definition) is 3. The second kappa shape index (κ2) is 4.30. The van der Waals surface area contributed by atoms with Gasteiger partial charge in [-0.25, -0.2) is 4.98 Å². The van der Waals surface area contributed by atoms with Crippen LogP contribution in [0.25, 0.3) is 47.6 Å². The first-order chi connectivity index (χ1) is 11.9. The van der Waals surface area contributed by atoms with Gasteiger partial charge in [-0.2, -0.15) is 0 Å². The Bertz CT molecular complexity index is 1410. The number of aromatic nitrogens is 3. The van der Waals surface area contributed by atoms with Crippen LogP contribution in [-0.2, 0) is 0 Å². The Balaban J connectivity index is 1.97. The number of thiophene rings is 1. The predicted octanol–water partition coefficient (Wildman–Crippen LogP) is 5.40. The molecule has 0 spiro atoms. The third kappa shape index (κ3) is 1.46. The number of hydrogen-bond donors (Lipinski definition) is 0. The Hall–Kier alpha value is -2.98. The molecule has 0 radical (unpaired) electrons. The Labute approximate surface area is 140 Å². The van der Waals surface area contributed by atoms with Crippen molar-refractivity contribution in [2.24, 2.45) is 0 Å². The standard InChI is InChI=1S/C20H11N3S/c1-2-6-17-12(4-1)14-10-16-15(11-18(14)24-17)19-13(5-3-7-21-19)20-22-8-9-23(16)20/h1-11H. The maximum atomic E-state index is 4.65. The summed E-state index contributed by atoms with van der Waals surface area (Å²) in [5.41, 5.74) is 3.14. The van der Waals surface area contributed by atoms with Crippen LogP contribution in [0.3, 0.4) is 0 Å². The van der Waals surface area contributed by atoms with Crippen molar-refractivity contribution in [3.05, 3.63) is 67.1 Å². The second-order valence-electron chi connectivity index (χ2n) is 5.98. The summed E-state index contributed by atoms with van der Waals surface area (Å²) in [7, 11) is 0. The van der Waals surface area contributed by atoms with Crippen LogP contribution in [0.15, 0.2) is 67.1 Å². The van der Waals surface area contributed by atoms with Gasteiger partial charge in [0.05, 0.1) is 11.0 Å². The quantitative estimate of drug-likeness (QED) is 0.350. The molecular formula is C20H11N3S. The number of pyridine rings is 2. The molecule has 112 valence electrons. The van der Waals surface area contributed by atoms with Crippen molar-refractivity contribution in [1.82, 2.24) is 14.4 Å². The fourth-order valence-corrected chi connectivity index (χ4v) is 4.77. The highest BCUT2D eigenvalue weighted by atomic mass is 32.1. The molecule has 0 fully saturated rings. The molecule has 0 aliphatic heterocycles. The monoisotopic (exact) mass is 325 g/mol. The zero-order valence-corrected chi connectivity index (χ0v) is 13.4. The Morgan fingerprint density at radius 3 is 2.67 bits per heavy atom. The molecule has 0 unspecified atom stereocenters. The number of rotatable bonds is 0. The van der Waals surface area contributed by atoms with Crippen molar-refractivity contribution in [1.29, 1.82) is 0 Å². The summed E-state index contributed by atoms with van der Waals surface area (Å²) in [6.45, 7) is 0. The highest BCUT2D eigenvalue weighted by molar-refractivity contribution is 7.25. The Kier molecular flexibility index (Phi) is 2.23. The van der Waals surface area contributed by atoms with Crippen LogP contribution in [0.5, 0.6) is 0 Å². The average Bonchev–Trinajstić information content (AvgIpc) is 3.25. The first-order valence-electron chi connectivity index (χ1n) is 7.85. The summed E-state index contributed by atoms with van der Waals surface area (Å²) in [6, 6.07) is 17.2. The van der Waals surface area contributed by atoms with E-state index < -0.39 is 0 Å². The van der Waals surface area contributed by atoms with Crippen molar-refractivity contribution in [2.75, 3.05) is 0 Å². The van der Waals surface area contributed by atoms with Crippen LogP contribution in [0, 0.1) is 0 Å². The van der Waals surface area contributed by atoms with E-state index in [1.807, 2.05) is 36.0 Å². The number of imidazole rings is 1. The predicted molar refractivity (Wildman–Crippen MR) is 101 cm³/mol. The molecule has 6 rings (SSSR count). The normalized spacial score (nSPS) is 12.2. The van der Waals surface area contributed by atoms with E-state index >= 15 is 0 Å². The van der Waals surface area contributed by atoms with Crippen LogP contribution in [0.2, 0.25) is 0 Å². The van der Waals surface area contributed by atoms with Gasteiger partial charge in [-0.05, 0) is 30.3 Å². The van der Waals surface area contributed by atoms with Crippen LogP contribution in [0.1, 0.15) is 0 Å². The van der Waals surface area contributed by atoms with E-state index in [1.54, 1.807) is 0 Å². The molecule has 0 saturated heterocycles. The van der Waals surface area contributed by atoms with Gasteiger partial charge in [0.15, 0.2) is 0 Å². The zero-order valence-electron chi connectivity index (χ0n) is 12.6. The summed E-state index contributed by atoms with van der Waals surface area (Å²) in [4.78, 5) is 9.20. The summed E-state index contributed by atoms with van der Waals surface area (Å²) < 4.78 is 4.79. The van der Waals surface area contributed by atoms with Crippen LogP contribution >= 0.6 is 11.3 Å². The van der Waals surface area contributed by atoms with E-state index in [0.29, 0.717) is 0 Å². The minimum Gasteiger partial charge on any atom is -0.299 e. The third-order valence-corrected chi connectivity index (χ3v) is 5.83. The summed E-state index contributed by atoms with van der Waals surface area (Å²) in [5.74, 6) is 0. The maximum Gasteiger partial charge on any atom is 0.146 e. The van der Waals surface area contributed by atoms with Crippen molar-refractivity contribution in [3.8, 4) is 0 Å². The summed E-state index contributed by atoms with van der Waals surface area (Å²) in [5, 5.41) is 4.88. The van der Waals surface area contributed by atoms with Gasteiger partial charge in [-0.1, -0.05) is 18.2 Å². The average molecular weight is 325 g/mol. The Morgan fingerprint density at radius 1 is 0.750 bits per heavy atom. The van der Waals surface area contributed by atoms with Gasteiger partial charge in [-0.15, -0.1) is 11.3 Å². The molecule has 0 N–H and O–H groups in total. The van der Waals surface area contributed by atoms with Gasteiger partial charge < -0.3 is 0 Å². The van der Waals surface area contributed by atoms with Gasteiger partial charge in [0.2, 0.25) is 0 Å². The summed E-state index contributed by atoms with van der Waals surface area (Å²) in [6.07, 6.45) is 5.75. The van der Waals surface area contributed by atoms with Crippen molar-refractivity contribution in [3.63, 3.8) is 0 Å². The largest absolute Gasteiger partial charge is 0.299 e. The van der Waals surface area contributed by atoms with E-state index in [0.717, 1.165) is 22.1 Å². The zero-order chi connectivity index (χ0) is 15.7. The fraction of sp³-hybridized carbons (Fsp3) is 0. The summed E-state index contributed by atoms with van der Waals surface area (Å²) >= 11 is 1.84. The molecule has 0 aliphatic rings. The van der Waals surface area contributed by atoms with Gasteiger partial charge in [0, 0.05) is 49.5 Å². The molecule has 6 aromatic rings.